The summed E-state index contributed by atoms with van der Waals surface area (Å²) in [5.41, 5.74) is 3.13. The van der Waals surface area contributed by atoms with Crippen molar-refractivity contribution >= 4 is 17.5 Å². The topological polar surface area (TPSA) is 73.7 Å². The largest absolute Gasteiger partial charge is 0.394 e. The highest BCUT2D eigenvalue weighted by Gasteiger charge is 2.55. The number of hydrogen-bond acceptors (Lipinski definition) is 4. The maximum Gasteiger partial charge on any atom is 0.276 e. The van der Waals surface area contributed by atoms with E-state index in [0.717, 1.165) is 16.8 Å². The molecule has 3 atom stereocenters. The fraction of sp³-hybridized carbons (Fsp3) is 0.240. The molecule has 31 heavy (non-hydrogen) atoms. The Bertz CT molecular complexity index is 1100. The lowest BCUT2D eigenvalue weighted by atomic mass is 9.71. The van der Waals surface area contributed by atoms with E-state index in [9.17, 15) is 14.7 Å². The lowest BCUT2D eigenvalue weighted by Crippen LogP contribution is -2.71. The summed E-state index contributed by atoms with van der Waals surface area (Å²) in [7, 11) is 0. The van der Waals surface area contributed by atoms with Crippen LogP contribution in [-0.2, 0) is 11.2 Å². The Morgan fingerprint density at radius 2 is 1.71 bits per heavy atom. The summed E-state index contributed by atoms with van der Waals surface area (Å²) in [5, 5.41) is 10.1. The van der Waals surface area contributed by atoms with Crippen molar-refractivity contribution < 1.29 is 14.7 Å². The summed E-state index contributed by atoms with van der Waals surface area (Å²) in [5.74, 6) is -0.209. The van der Waals surface area contributed by atoms with Crippen LogP contribution < -0.4 is 4.90 Å². The normalized spacial score (nSPS) is 21.6. The number of aliphatic hydroxyl groups is 1. The van der Waals surface area contributed by atoms with Gasteiger partial charge in [-0.1, -0.05) is 54.6 Å². The smallest absolute Gasteiger partial charge is 0.276 e. The Hall–Kier alpha value is -3.51. The highest BCUT2D eigenvalue weighted by Crippen LogP contribution is 2.48. The van der Waals surface area contributed by atoms with Gasteiger partial charge >= 0.3 is 0 Å². The maximum absolute atomic E-state index is 13.3. The van der Waals surface area contributed by atoms with Gasteiger partial charge in [-0.3, -0.25) is 14.6 Å². The van der Waals surface area contributed by atoms with Crippen LogP contribution >= 0.6 is 0 Å². The molecule has 0 saturated carbocycles. The number of carbonyl (C=O) groups excluding carboxylic acids is 2. The van der Waals surface area contributed by atoms with Gasteiger partial charge in [0.25, 0.3) is 5.91 Å². The second-order valence-electron chi connectivity index (χ2n) is 8.00. The predicted octanol–water partition coefficient (Wildman–Crippen LogP) is 2.64. The van der Waals surface area contributed by atoms with E-state index in [4.69, 9.17) is 0 Å². The second kappa shape index (κ2) is 7.96. The van der Waals surface area contributed by atoms with E-state index in [1.54, 1.807) is 34.2 Å². The number of fused-ring (bicyclic) bond motifs is 3. The Morgan fingerprint density at radius 3 is 2.45 bits per heavy atom. The van der Waals surface area contributed by atoms with E-state index >= 15 is 0 Å². The first-order valence-electron chi connectivity index (χ1n) is 10.5. The van der Waals surface area contributed by atoms with Crippen LogP contribution in [0.15, 0.2) is 79.0 Å². The molecule has 156 valence electrons. The monoisotopic (exact) mass is 413 g/mol. The minimum absolute atomic E-state index is 0.00806. The van der Waals surface area contributed by atoms with Gasteiger partial charge in [-0.25, -0.2) is 0 Å². The molecule has 0 aliphatic carbocycles. The standard InChI is InChI=1S/C25H23N3O3/c29-16-22-24-18-10-4-5-12-20(18)27(25(31)19-11-6-7-13-26-19)15-21(24)28(22)23(30)14-17-8-2-1-3-9-17/h1-13,21-22,24,29H,14-16H2/t21-,22-,24+/m0/s1. The third-order valence-corrected chi connectivity index (χ3v) is 6.30. The predicted molar refractivity (Wildman–Crippen MR) is 117 cm³/mol. The zero-order valence-electron chi connectivity index (χ0n) is 17.0. The van der Waals surface area contributed by atoms with Crippen LogP contribution in [0.5, 0.6) is 0 Å². The molecule has 6 heteroatoms. The fourth-order valence-electron chi connectivity index (χ4n) is 4.92. The van der Waals surface area contributed by atoms with Crippen LogP contribution in [-0.4, -0.2) is 52.0 Å². The van der Waals surface area contributed by atoms with Gasteiger partial charge < -0.3 is 14.9 Å². The van der Waals surface area contributed by atoms with Crippen molar-refractivity contribution in [2.45, 2.75) is 24.4 Å². The zero-order valence-corrected chi connectivity index (χ0v) is 17.0. The number of pyridine rings is 1. The van der Waals surface area contributed by atoms with Crippen molar-refractivity contribution in [3.63, 3.8) is 0 Å². The number of likely N-dealkylation sites (tertiary alicyclic amines) is 1. The SMILES string of the molecule is O=C(c1ccccn1)N1C[C@H]2[C@@H](c3ccccc31)[C@H](CO)N2C(=O)Cc1ccccc1. The molecule has 1 fully saturated rings. The van der Waals surface area contributed by atoms with Crippen molar-refractivity contribution in [2.24, 2.45) is 0 Å². The van der Waals surface area contributed by atoms with Gasteiger partial charge in [-0.15, -0.1) is 0 Å². The molecule has 1 aromatic heterocycles. The molecule has 0 unspecified atom stereocenters. The molecule has 6 nitrogen and oxygen atoms in total. The van der Waals surface area contributed by atoms with E-state index in [2.05, 4.69) is 4.98 Å². The van der Waals surface area contributed by atoms with Crippen LogP contribution in [0, 0.1) is 0 Å². The third-order valence-electron chi connectivity index (χ3n) is 6.30. The van der Waals surface area contributed by atoms with E-state index in [1.165, 1.54) is 0 Å². The van der Waals surface area contributed by atoms with E-state index in [1.807, 2.05) is 54.6 Å². The van der Waals surface area contributed by atoms with Gasteiger partial charge in [0, 0.05) is 24.3 Å². The van der Waals surface area contributed by atoms with Gasteiger partial charge in [0.1, 0.15) is 5.69 Å². The second-order valence-corrected chi connectivity index (χ2v) is 8.00. The molecule has 5 rings (SSSR count). The molecular weight excluding hydrogens is 390 g/mol. The summed E-state index contributed by atoms with van der Waals surface area (Å²) >= 11 is 0. The Balaban J connectivity index is 1.47. The number of para-hydroxylation sites is 1. The molecular formula is C25H23N3O3. The Morgan fingerprint density at radius 1 is 0.968 bits per heavy atom. The van der Waals surface area contributed by atoms with Crippen LogP contribution in [0.2, 0.25) is 0 Å². The molecule has 2 aliphatic heterocycles. The molecule has 3 heterocycles. The number of aromatic nitrogens is 1. The number of hydrogen-bond donors (Lipinski definition) is 1. The highest BCUT2D eigenvalue weighted by molar-refractivity contribution is 6.06. The van der Waals surface area contributed by atoms with Crippen molar-refractivity contribution in [3.8, 4) is 0 Å². The molecule has 1 N–H and O–H groups in total. The van der Waals surface area contributed by atoms with Crippen molar-refractivity contribution in [2.75, 3.05) is 18.1 Å². The van der Waals surface area contributed by atoms with Gasteiger partial charge in [-0.05, 0) is 29.3 Å². The molecule has 0 bridgehead atoms. The lowest BCUT2D eigenvalue weighted by molar-refractivity contribution is -0.149. The van der Waals surface area contributed by atoms with Crippen LogP contribution in [0.1, 0.15) is 27.5 Å². The molecule has 1 saturated heterocycles. The zero-order chi connectivity index (χ0) is 21.4. The molecule has 0 spiro atoms. The van der Waals surface area contributed by atoms with Crippen LogP contribution in [0.4, 0.5) is 5.69 Å². The van der Waals surface area contributed by atoms with Crippen LogP contribution in [0.3, 0.4) is 0 Å². The Kier molecular flexibility index (Phi) is 5.00. The lowest BCUT2D eigenvalue weighted by Gasteiger charge is -2.59. The van der Waals surface area contributed by atoms with Gasteiger partial charge in [0.2, 0.25) is 5.91 Å². The number of rotatable bonds is 4. The molecule has 3 aromatic rings. The molecule has 2 aromatic carbocycles. The van der Waals surface area contributed by atoms with Crippen molar-refractivity contribution in [1.82, 2.24) is 9.88 Å². The average Bonchev–Trinajstić information content (AvgIpc) is 2.80. The fourth-order valence-corrected chi connectivity index (χ4v) is 4.92. The van der Waals surface area contributed by atoms with E-state index < -0.39 is 0 Å². The van der Waals surface area contributed by atoms with E-state index in [-0.39, 0.29) is 42.8 Å². The quantitative estimate of drug-likeness (QED) is 0.714. The minimum atomic E-state index is -0.283. The third kappa shape index (κ3) is 3.29. The summed E-state index contributed by atoms with van der Waals surface area (Å²) in [4.78, 5) is 34.2. The first-order valence-corrected chi connectivity index (χ1v) is 10.5. The highest BCUT2D eigenvalue weighted by atomic mass is 16.3. The summed E-state index contributed by atoms with van der Waals surface area (Å²) in [6.07, 6.45) is 1.88. The summed E-state index contributed by atoms with van der Waals surface area (Å²) in [6.45, 7) is 0.276. The van der Waals surface area contributed by atoms with Crippen LogP contribution in [0.25, 0.3) is 0 Å². The average molecular weight is 413 g/mol. The number of benzene rings is 2. The number of anilines is 1. The molecule has 2 amide bonds. The summed E-state index contributed by atoms with van der Waals surface area (Å²) in [6, 6.07) is 22.2. The molecule has 0 radical (unpaired) electrons. The minimum Gasteiger partial charge on any atom is -0.394 e. The number of nitrogens with zero attached hydrogens (tertiary/aromatic N) is 3. The number of aliphatic hydroxyl groups excluding tert-OH is 1. The van der Waals surface area contributed by atoms with E-state index in [0.29, 0.717) is 12.2 Å². The summed E-state index contributed by atoms with van der Waals surface area (Å²) < 4.78 is 0. The first-order chi connectivity index (χ1) is 15.2. The maximum atomic E-state index is 13.3. The first kappa shape index (κ1) is 19.5. The van der Waals surface area contributed by atoms with Gasteiger partial charge in [0.15, 0.2) is 0 Å². The Labute approximate surface area is 180 Å². The van der Waals surface area contributed by atoms with Crippen molar-refractivity contribution in [3.05, 3.63) is 95.8 Å². The van der Waals surface area contributed by atoms with Gasteiger partial charge in [-0.2, -0.15) is 0 Å². The van der Waals surface area contributed by atoms with Crippen molar-refractivity contribution in [1.29, 1.82) is 0 Å². The number of amides is 2. The number of carbonyl (C=O) groups is 2. The molecule has 2 aliphatic rings. The van der Waals surface area contributed by atoms with Gasteiger partial charge in [0.05, 0.1) is 25.1 Å².